The molecule has 3 aliphatic rings. The van der Waals surface area contributed by atoms with E-state index in [9.17, 15) is 14.7 Å². The second-order valence-electron chi connectivity index (χ2n) is 12.1. The fourth-order valence-electron chi connectivity index (χ4n) is 5.79. The highest BCUT2D eigenvalue weighted by Gasteiger charge is 2.47. The number of likely N-dealkylation sites (N-methyl/N-ethyl adjacent to an activating group) is 1. The Morgan fingerprint density at radius 3 is 1.89 bits per heavy atom. The van der Waals surface area contributed by atoms with Gasteiger partial charge in [-0.2, -0.15) is 0 Å². The number of carbonyl (C=O) groups excluding carboxylic acids is 2. The molecule has 36 heavy (non-hydrogen) atoms. The van der Waals surface area contributed by atoms with Crippen LogP contribution in [0.25, 0.3) is 0 Å². The van der Waals surface area contributed by atoms with Crippen molar-refractivity contribution in [1.82, 2.24) is 4.90 Å². The van der Waals surface area contributed by atoms with Gasteiger partial charge in [0.1, 0.15) is 30.0 Å². The van der Waals surface area contributed by atoms with Crippen LogP contribution in [-0.2, 0) is 14.3 Å². The highest BCUT2D eigenvalue weighted by molar-refractivity contribution is 6.06. The van der Waals surface area contributed by atoms with Crippen LogP contribution >= 0.6 is 0 Å². The van der Waals surface area contributed by atoms with Gasteiger partial charge < -0.3 is 19.5 Å². The summed E-state index contributed by atoms with van der Waals surface area (Å²) in [5, 5.41) is 10.3. The number of nitrogens with zero attached hydrogens (tertiary/aromatic N) is 1. The first-order valence-corrected chi connectivity index (χ1v) is 13.3. The van der Waals surface area contributed by atoms with Gasteiger partial charge in [0.2, 0.25) is 0 Å². The van der Waals surface area contributed by atoms with Gasteiger partial charge in [0, 0.05) is 49.3 Å². The van der Waals surface area contributed by atoms with Gasteiger partial charge in [0.15, 0.2) is 11.6 Å². The lowest BCUT2D eigenvalue weighted by Gasteiger charge is -2.42. The number of hydrogen-bond acceptors (Lipinski definition) is 6. The Morgan fingerprint density at radius 1 is 0.917 bits per heavy atom. The highest BCUT2D eigenvalue weighted by Crippen LogP contribution is 2.53. The Morgan fingerprint density at radius 2 is 1.42 bits per heavy atom. The Bertz CT molecular complexity index is 1020. The average Bonchev–Trinajstić information content (AvgIpc) is 2.78. The molecule has 0 spiro atoms. The maximum absolute atomic E-state index is 13.4. The maximum Gasteiger partial charge on any atom is 0.163 e. The number of ether oxygens (including phenoxy) is 2. The van der Waals surface area contributed by atoms with Gasteiger partial charge in [-0.15, -0.1) is 0 Å². The van der Waals surface area contributed by atoms with Crippen molar-refractivity contribution in [3.63, 3.8) is 0 Å². The molecular formula is C30H41NO5. The Balaban J connectivity index is 1.62. The fraction of sp³-hybridized carbons (Fsp3) is 0.600. The molecule has 1 unspecified atom stereocenters. The van der Waals surface area contributed by atoms with Crippen molar-refractivity contribution in [3.8, 4) is 5.75 Å². The highest BCUT2D eigenvalue weighted by atomic mass is 16.5. The lowest BCUT2D eigenvalue weighted by Crippen LogP contribution is -2.37. The minimum atomic E-state index is -0.577. The van der Waals surface area contributed by atoms with Crippen molar-refractivity contribution < 1.29 is 24.2 Å². The van der Waals surface area contributed by atoms with Gasteiger partial charge in [0.05, 0.1) is 0 Å². The molecule has 1 atom stereocenters. The fourth-order valence-corrected chi connectivity index (χ4v) is 5.79. The SMILES string of the molecule is CCN(CC)CC(O)COc1ccc(C2C3=C(CC(C)(C)CC3=O)OC3=C2C(=O)CC(C)(C)C3)cc1. The normalized spacial score (nSPS) is 22.3. The molecule has 6 nitrogen and oxygen atoms in total. The Hall–Kier alpha value is -2.44. The second kappa shape index (κ2) is 10.1. The zero-order valence-electron chi connectivity index (χ0n) is 22.6. The van der Waals surface area contributed by atoms with E-state index in [2.05, 4.69) is 46.4 Å². The van der Waals surface area contributed by atoms with Crippen LogP contribution in [0.3, 0.4) is 0 Å². The van der Waals surface area contributed by atoms with E-state index in [0.717, 1.165) is 30.2 Å². The number of ketones is 2. The largest absolute Gasteiger partial charge is 0.491 e. The van der Waals surface area contributed by atoms with Gasteiger partial charge in [-0.25, -0.2) is 0 Å². The van der Waals surface area contributed by atoms with E-state index < -0.39 is 12.0 Å². The summed E-state index contributed by atoms with van der Waals surface area (Å²) in [6, 6.07) is 7.61. The maximum atomic E-state index is 13.4. The van der Waals surface area contributed by atoms with E-state index in [1.807, 2.05) is 24.3 Å². The van der Waals surface area contributed by atoms with E-state index >= 15 is 0 Å². The quantitative estimate of drug-likeness (QED) is 0.536. The van der Waals surface area contributed by atoms with Crippen LogP contribution in [0.4, 0.5) is 0 Å². The molecule has 0 radical (unpaired) electrons. The first-order valence-electron chi connectivity index (χ1n) is 13.3. The van der Waals surface area contributed by atoms with Crippen LogP contribution in [-0.4, -0.2) is 53.9 Å². The van der Waals surface area contributed by atoms with Crippen molar-refractivity contribution in [2.45, 2.75) is 79.2 Å². The number of aliphatic hydroxyl groups is 1. The minimum Gasteiger partial charge on any atom is -0.491 e. The summed E-state index contributed by atoms with van der Waals surface area (Å²) in [5.41, 5.74) is 1.84. The van der Waals surface area contributed by atoms with E-state index in [1.165, 1.54) is 0 Å². The molecule has 1 aromatic carbocycles. The summed E-state index contributed by atoms with van der Waals surface area (Å²) >= 11 is 0. The van der Waals surface area contributed by atoms with Crippen molar-refractivity contribution >= 4 is 11.6 Å². The molecule has 0 saturated carbocycles. The number of aliphatic hydroxyl groups excluding tert-OH is 1. The van der Waals surface area contributed by atoms with Crippen LogP contribution < -0.4 is 4.74 Å². The summed E-state index contributed by atoms with van der Waals surface area (Å²) in [5.74, 6) is 1.83. The first kappa shape index (κ1) is 26.6. The zero-order chi connectivity index (χ0) is 26.3. The molecule has 1 N–H and O–H groups in total. The molecule has 0 amide bonds. The van der Waals surface area contributed by atoms with Gasteiger partial charge >= 0.3 is 0 Å². The van der Waals surface area contributed by atoms with Crippen molar-refractivity contribution in [2.75, 3.05) is 26.2 Å². The molecule has 0 bridgehead atoms. The monoisotopic (exact) mass is 495 g/mol. The average molecular weight is 496 g/mol. The standard InChI is InChI=1S/C30H41NO5/c1-7-31(8-2)17-20(32)18-35-21-11-9-19(10-12-21)26-27-22(33)13-29(3,4)15-24(27)36-25-16-30(5,6)14-23(34)28(25)26/h9-12,20,26,32H,7-8,13-18H2,1-6H3. The summed E-state index contributed by atoms with van der Waals surface area (Å²) in [6.45, 7) is 15.1. The molecule has 4 rings (SSSR count). The summed E-state index contributed by atoms with van der Waals surface area (Å²) in [6.07, 6.45) is 1.68. The number of carbonyl (C=O) groups is 2. The molecule has 196 valence electrons. The molecule has 0 fully saturated rings. The number of allylic oxidation sites excluding steroid dienone is 4. The summed E-state index contributed by atoms with van der Waals surface area (Å²) < 4.78 is 12.2. The molecule has 0 aromatic heterocycles. The number of benzene rings is 1. The van der Waals surface area contributed by atoms with Gasteiger partial charge in [-0.3, -0.25) is 9.59 Å². The molecule has 0 saturated heterocycles. The van der Waals surface area contributed by atoms with Gasteiger partial charge in [0.25, 0.3) is 0 Å². The molecule has 1 aliphatic heterocycles. The molecular weight excluding hydrogens is 454 g/mol. The van der Waals surface area contributed by atoms with Crippen molar-refractivity contribution in [1.29, 1.82) is 0 Å². The molecule has 2 aliphatic carbocycles. The predicted octanol–water partition coefficient (Wildman–Crippen LogP) is 5.17. The lowest BCUT2D eigenvalue weighted by molar-refractivity contribution is -0.120. The van der Waals surface area contributed by atoms with Crippen molar-refractivity contribution in [2.24, 2.45) is 10.8 Å². The number of Topliss-reactive ketones (excluding diaryl/α,β-unsaturated/α-hetero) is 2. The summed E-state index contributed by atoms with van der Waals surface area (Å²) in [4.78, 5) is 28.9. The smallest absolute Gasteiger partial charge is 0.163 e. The third-order valence-corrected chi connectivity index (χ3v) is 7.60. The zero-order valence-corrected chi connectivity index (χ0v) is 22.6. The number of rotatable bonds is 8. The van der Waals surface area contributed by atoms with E-state index in [0.29, 0.717) is 49.1 Å². The van der Waals surface area contributed by atoms with E-state index in [1.54, 1.807) is 0 Å². The Kier molecular flexibility index (Phi) is 7.50. The van der Waals surface area contributed by atoms with Crippen molar-refractivity contribution in [3.05, 3.63) is 52.5 Å². The predicted molar refractivity (Wildman–Crippen MR) is 140 cm³/mol. The van der Waals surface area contributed by atoms with E-state index in [4.69, 9.17) is 9.47 Å². The Labute approximate surface area is 215 Å². The van der Waals surface area contributed by atoms with E-state index in [-0.39, 0.29) is 29.0 Å². The van der Waals surface area contributed by atoms with Crippen LogP contribution in [0.2, 0.25) is 0 Å². The third-order valence-electron chi connectivity index (χ3n) is 7.60. The number of hydrogen-bond donors (Lipinski definition) is 1. The molecule has 6 heteroatoms. The van der Waals surface area contributed by atoms with Crippen LogP contribution in [0.15, 0.2) is 46.9 Å². The van der Waals surface area contributed by atoms with Crippen LogP contribution in [0.1, 0.15) is 78.7 Å². The summed E-state index contributed by atoms with van der Waals surface area (Å²) in [7, 11) is 0. The topological polar surface area (TPSA) is 76.1 Å². The lowest BCUT2D eigenvalue weighted by atomic mass is 9.65. The first-order chi connectivity index (χ1) is 16.9. The third kappa shape index (κ3) is 5.60. The second-order valence-corrected chi connectivity index (χ2v) is 12.1. The van der Waals surface area contributed by atoms with Crippen LogP contribution in [0, 0.1) is 10.8 Å². The van der Waals surface area contributed by atoms with Crippen LogP contribution in [0.5, 0.6) is 5.75 Å². The molecule has 1 heterocycles. The van der Waals surface area contributed by atoms with Gasteiger partial charge in [-0.1, -0.05) is 53.7 Å². The molecule has 1 aromatic rings. The van der Waals surface area contributed by atoms with Gasteiger partial charge in [-0.05, 0) is 41.6 Å². The minimum absolute atomic E-state index is 0.0651.